The van der Waals surface area contributed by atoms with E-state index in [1.165, 1.54) is 41.3 Å². The number of sulfonamides is 1. The third-order valence-electron chi connectivity index (χ3n) is 7.22. The van der Waals surface area contributed by atoms with Gasteiger partial charge in [0.15, 0.2) is 0 Å². The highest BCUT2D eigenvalue weighted by molar-refractivity contribution is 7.92. The minimum atomic E-state index is -4.24. The zero-order valence-electron chi connectivity index (χ0n) is 25.5. The molecule has 0 unspecified atom stereocenters. The lowest BCUT2D eigenvalue weighted by atomic mass is 10.0. The third kappa shape index (κ3) is 9.15. The van der Waals surface area contributed by atoms with E-state index in [4.69, 9.17) is 11.6 Å². The van der Waals surface area contributed by atoms with Crippen LogP contribution in [-0.2, 0) is 32.6 Å². The maximum Gasteiger partial charge on any atom is 0.264 e. The number of hydrogen-bond acceptors (Lipinski definition) is 4. The van der Waals surface area contributed by atoms with Gasteiger partial charge >= 0.3 is 0 Å². The molecule has 0 saturated carbocycles. The van der Waals surface area contributed by atoms with Crippen LogP contribution in [0, 0.1) is 18.7 Å². The highest BCUT2D eigenvalue weighted by atomic mass is 35.5. The van der Waals surface area contributed by atoms with Crippen molar-refractivity contribution in [3.8, 4) is 0 Å². The number of carbonyl (C=O) groups excluding carboxylic acids is 2. The fraction of sp³-hybridized carbons (Fsp3) is 0.257. The minimum Gasteiger partial charge on any atom is -0.354 e. The van der Waals surface area contributed by atoms with E-state index in [2.05, 4.69) is 5.32 Å². The highest BCUT2D eigenvalue weighted by Gasteiger charge is 2.34. The van der Waals surface area contributed by atoms with Crippen LogP contribution in [0.5, 0.6) is 0 Å². The standard InChI is InChI=1S/C35H37ClFN3O4S/c1-25(2)22-38-35(42)33(21-27-7-5-4-6-8-27)39(23-28-11-15-30(37)16-12-28)34(41)24-40(31-17-9-26(3)10-18-31)45(43,44)32-19-13-29(36)14-20-32/h4-20,25,33H,21-24H2,1-3H3,(H,38,42)/t33-/m0/s1. The van der Waals surface area contributed by atoms with Crippen molar-refractivity contribution < 1.29 is 22.4 Å². The Labute approximate surface area is 269 Å². The van der Waals surface area contributed by atoms with Gasteiger partial charge in [-0.15, -0.1) is 0 Å². The molecule has 4 aromatic carbocycles. The molecule has 236 valence electrons. The maximum absolute atomic E-state index is 14.4. The van der Waals surface area contributed by atoms with Crippen molar-refractivity contribution in [1.29, 1.82) is 0 Å². The molecule has 1 N–H and O–H groups in total. The predicted octanol–water partition coefficient (Wildman–Crippen LogP) is 6.40. The number of anilines is 1. The molecule has 4 aromatic rings. The molecule has 0 aromatic heterocycles. The van der Waals surface area contributed by atoms with Crippen molar-refractivity contribution in [3.63, 3.8) is 0 Å². The van der Waals surface area contributed by atoms with Gasteiger partial charge in [0.05, 0.1) is 10.6 Å². The van der Waals surface area contributed by atoms with Gasteiger partial charge in [-0.1, -0.05) is 85.6 Å². The Hall–Kier alpha value is -4.21. The lowest BCUT2D eigenvalue weighted by Gasteiger charge is -2.34. The van der Waals surface area contributed by atoms with Crippen molar-refractivity contribution in [1.82, 2.24) is 10.2 Å². The van der Waals surface area contributed by atoms with E-state index < -0.39 is 34.3 Å². The van der Waals surface area contributed by atoms with Gasteiger partial charge < -0.3 is 10.2 Å². The van der Waals surface area contributed by atoms with Gasteiger partial charge in [-0.2, -0.15) is 0 Å². The largest absolute Gasteiger partial charge is 0.354 e. The third-order valence-corrected chi connectivity index (χ3v) is 9.26. The van der Waals surface area contributed by atoms with Crippen LogP contribution in [0.15, 0.2) is 108 Å². The quantitative estimate of drug-likeness (QED) is 0.182. The smallest absolute Gasteiger partial charge is 0.264 e. The number of aryl methyl sites for hydroxylation is 1. The summed E-state index contributed by atoms with van der Waals surface area (Å²) in [5, 5.41) is 3.32. The number of carbonyl (C=O) groups is 2. The normalized spacial score (nSPS) is 12.0. The van der Waals surface area contributed by atoms with Crippen LogP contribution < -0.4 is 9.62 Å². The van der Waals surface area contributed by atoms with E-state index >= 15 is 0 Å². The molecule has 0 radical (unpaired) electrons. The lowest BCUT2D eigenvalue weighted by Crippen LogP contribution is -2.53. The summed E-state index contributed by atoms with van der Waals surface area (Å²) in [6, 6.07) is 26.5. The molecule has 0 aliphatic heterocycles. The number of nitrogens with zero attached hydrogens (tertiary/aromatic N) is 2. The molecule has 0 fully saturated rings. The van der Waals surface area contributed by atoms with Crippen molar-refractivity contribution >= 4 is 39.1 Å². The molecule has 0 aliphatic rings. The maximum atomic E-state index is 14.4. The van der Waals surface area contributed by atoms with Crippen molar-refractivity contribution in [2.24, 2.45) is 5.92 Å². The zero-order chi connectivity index (χ0) is 32.6. The van der Waals surface area contributed by atoms with Gasteiger partial charge in [0.2, 0.25) is 11.8 Å². The number of hydrogen-bond donors (Lipinski definition) is 1. The summed E-state index contributed by atoms with van der Waals surface area (Å²) in [7, 11) is -4.24. The Morgan fingerprint density at radius 2 is 1.47 bits per heavy atom. The first-order valence-electron chi connectivity index (χ1n) is 14.6. The lowest BCUT2D eigenvalue weighted by molar-refractivity contribution is -0.140. The molecule has 0 bridgehead atoms. The Balaban J connectivity index is 1.79. The van der Waals surface area contributed by atoms with E-state index in [1.807, 2.05) is 51.1 Å². The SMILES string of the molecule is Cc1ccc(N(CC(=O)N(Cc2ccc(F)cc2)[C@@H](Cc2ccccc2)C(=O)NCC(C)C)S(=O)(=O)c2ccc(Cl)cc2)cc1. The van der Waals surface area contributed by atoms with E-state index in [1.54, 1.807) is 36.4 Å². The summed E-state index contributed by atoms with van der Waals surface area (Å²) < 4.78 is 42.9. The van der Waals surface area contributed by atoms with Crippen LogP contribution in [0.3, 0.4) is 0 Å². The zero-order valence-corrected chi connectivity index (χ0v) is 27.1. The summed E-state index contributed by atoms with van der Waals surface area (Å²) >= 11 is 6.03. The summed E-state index contributed by atoms with van der Waals surface area (Å²) in [5.74, 6) is -1.25. The van der Waals surface area contributed by atoms with Gasteiger partial charge in [-0.3, -0.25) is 13.9 Å². The number of nitrogens with one attached hydrogen (secondary N) is 1. The molecule has 1 atom stereocenters. The molecule has 0 spiro atoms. The molecule has 7 nitrogen and oxygen atoms in total. The Bertz CT molecular complexity index is 1680. The van der Waals surface area contributed by atoms with Crippen LogP contribution in [0.25, 0.3) is 0 Å². The number of benzene rings is 4. The van der Waals surface area contributed by atoms with E-state index in [9.17, 15) is 22.4 Å². The molecule has 4 rings (SSSR count). The first-order chi connectivity index (χ1) is 21.4. The van der Waals surface area contributed by atoms with E-state index in [0.717, 1.165) is 15.4 Å². The average Bonchev–Trinajstić information content (AvgIpc) is 3.02. The molecular weight excluding hydrogens is 613 g/mol. The number of amides is 2. The Morgan fingerprint density at radius 3 is 2.07 bits per heavy atom. The van der Waals surface area contributed by atoms with Gasteiger partial charge in [0.25, 0.3) is 10.0 Å². The number of halogens is 2. The van der Waals surface area contributed by atoms with Crippen molar-refractivity contribution in [3.05, 3.63) is 131 Å². The summed E-state index contributed by atoms with van der Waals surface area (Å²) in [6.07, 6.45) is 0.187. The van der Waals surface area contributed by atoms with Crippen LogP contribution in [-0.4, -0.2) is 44.3 Å². The van der Waals surface area contributed by atoms with Crippen LogP contribution in [0.4, 0.5) is 10.1 Å². The van der Waals surface area contributed by atoms with Crippen LogP contribution in [0.2, 0.25) is 5.02 Å². The van der Waals surface area contributed by atoms with E-state index in [-0.39, 0.29) is 35.4 Å². The second-order valence-corrected chi connectivity index (χ2v) is 13.6. The fourth-order valence-electron chi connectivity index (χ4n) is 4.74. The fourth-order valence-corrected chi connectivity index (χ4v) is 6.28. The summed E-state index contributed by atoms with van der Waals surface area (Å²) in [4.78, 5) is 29.5. The van der Waals surface area contributed by atoms with Crippen LogP contribution in [0.1, 0.15) is 30.5 Å². The van der Waals surface area contributed by atoms with Gasteiger partial charge in [0.1, 0.15) is 18.4 Å². The summed E-state index contributed by atoms with van der Waals surface area (Å²) in [6.45, 7) is 5.57. The van der Waals surface area contributed by atoms with Crippen molar-refractivity contribution in [2.75, 3.05) is 17.4 Å². The molecule has 0 aliphatic carbocycles. The second kappa shape index (κ2) is 15.2. The second-order valence-electron chi connectivity index (χ2n) is 11.3. The first-order valence-corrected chi connectivity index (χ1v) is 16.5. The predicted molar refractivity (Wildman–Crippen MR) is 176 cm³/mol. The van der Waals surface area contributed by atoms with Gasteiger partial charge in [-0.05, 0) is 72.5 Å². The number of rotatable bonds is 13. The molecule has 0 saturated heterocycles. The Kier molecular flexibility index (Phi) is 11.4. The monoisotopic (exact) mass is 649 g/mol. The van der Waals surface area contributed by atoms with Crippen LogP contribution >= 0.6 is 11.6 Å². The van der Waals surface area contributed by atoms with Gasteiger partial charge in [0, 0.05) is 24.5 Å². The molecule has 2 amide bonds. The molecular formula is C35H37ClFN3O4S. The van der Waals surface area contributed by atoms with E-state index in [0.29, 0.717) is 17.1 Å². The topological polar surface area (TPSA) is 86.8 Å². The average molecular weight is 650 g/mol. The first kappa shape index (κ1) is 33.7. The highest BCUT2D eigenvalue weighted by Crippen LogP contribution is 2.26. The molecule has 10 heteroatoms. The Morgan fingerprint density at radius 1 is 0.844 bits per heavy atom. The van der Waals surface area contributed by atoms with Gasteiger partial charge in [-0.25, -0.2) is 12.8 Å². The molecule has 0 heterocycles. The van der Waals surface area contributed by atoms with Crippen molar-refractivity contribution in [2.45, 2.75) is 44.7 Å². The summed E-state index contributed by atoms with van der Waals surface area (Å²) in [5.41, 5.74) is 2.61. The minimum absolute atomic E-state index is 0.0409. The molecule has 45 heavy (non-hydrogen) atoms.